The molecule has 0 fully saturated rings. The standard InChI is InChI=1S/C41H77NO3/c1-3-5-7-9-11-13-14-15-16-17-18-19-20-21-22-23-24-25-26-27-28-29-31-33-35-37-41(45)42-39(38-43)40(44)36-34-32-30-12-10-8-6-4-2/h10,12,17-18,34,36,39-40,43-44H,3-9,11,13-16,19-33,35,37-38H2,1-2H3,(H,42,45)/b12-10+,18-17-,36-34+. The molecular formula is C41H77NO3. The highest BCUT2D eigenvalue weighted by molar-refractivity contribution is 5.76. The van der Waals surface area contributed by atoms with E-state index in [1.54, 1.807) is 6.08 Å². The molecule has 0 aromatic rings. The van der Waals surface area contributed by atoms with Gasteiger partial charge in [-0.15, -0.1) is 0 Å². The van der Waals surface area contributed by atoms with Crippen molar-refractivity contribution in [3.63, 3.8) is 0 Å². The maximum Gasteiger partial charge on any atom is 0.220 e. The summed E-state index contributed by atoms with van der Waals surface area (Å²) < 4.78 is 0. The van der Waals surface area contributed by atoms with E-state index < -0.39 is 12.1 Å². The van der Waals surface area contributed by atoms with E-state index in [0.717, 1.165) is 32.1 Å². The molecular weight excluding hydrogens is 554 g/mol. The number of aliphatic hydroxyl groups excluding tert-OH is 2. The van der Waals surface area contributed by atoms with E-state index in [2.05, 4.69) is 43.5 Å². The van der Waals surface area contributed by atoms with Gasteiger partial charge in [0.15, 0.2) is 0 Å². The zero-order valence-corrected chi connectivity index (χ0v) is 30.1. The maximum absolute atomic E-state index is 12.3. The lowest BCUT2D eigenvalue weighted by molar-refractivity contribution is -0.123. The predicted octanol–water partition coefficient (Wildman–Crippen LogP) is 11.8. The number of hydrogen-bond donors (Lipinski definition) is 3. The number of carbonyl (C=O) groups excluding carboxylic acids is 1. The molecule has 0 aliphatic rings. The van der Waals surface area contributed by atoms with Crippen molar-refractivity contribution in [1.82, 2.24) is 5.32 Å². The Balaban J connectivity index is 3.48. The van der Waals surface area contributed by atoms with Crippen LogP contribution in [0.1, 0.15) is 200 Å². The van der Waals surface area contributed by atoms with Gasteiger partial charge in [0.25, 0.3) is 0 Å². The highest BCUT2D eigenvalue weighted by atomic mass is 16.3. The molecule has 0 aliphatic carbocycles. The second kappa shape index (κ2) is 37.1. The van der Waals surface area contributed by atoms with Crippen LogP contribution in [0, 0.1) is 0 Å². The molecule has 0 saturated carbocycles. The smallest absolute Gasteiger partial charge is 0.220 e. The molecule has 1 amide bonds. The van der Waals surface area contributed by atoms with Gasteiger partial charge in [0.1, 0.15) is 0 Å². The quantitative estimate of drug-likeness (QED) is 0.0481. The minimum Gasteiger partial charge on any atom is -0.394 e. The van der Waals surface area contributed by atoms with Crippen LogP contribution in [0.5, 0.6) is 0 Å². The highest BCUT2D eigenvalue weighted by Gasteiger charge is 2.17. The number of carbonyl (C=O) groups is 1. The summed E-state index contributed by atoms with van der Waals surface area (Å²) in [4.78, 5) is 12.3. The zero-order chi connectivity index (χ0) is 32.9. The van der Waals surface area contributed by atoms with Crippen molar-refractivity contribution in [2.24, 2.45) is 0 Å². The van der Waals surface area contributed by atoms with Gasteiger partial charge in [-0.1, -0.05) is 179 Å². The molecule has 2 unspecified atom stereocenters. The lowest BCUT2D eigenvalue weighted by Crippen LogP contribution is -2.45. The lowest BCUT2D eigenvalue weighted by Gasteiger charge is -2.19. The summed E-state index contributed by atoms with van der Waals surface area (Å²) in [6.45, 7) is 4.22. The first kappa shape index (κ1) is 43.6. The van der Waals surface area contributed by atoms with Gasteiger partial charge >= 0.3 is 0 Å². The molecule has 4 heteroatoms. The van der Waals surface area contributed by atoms with Gasteiger partial charge in [0, 0.05) is 6.42 Å². The van der Waals surface area contributed by atoms with Crippen molar-refractivity contribution in [3.05, 3.63) is 36.5 Å². The first-order valence-corrected chi connectivity index (χ1v) is 19.7. The van der Waals surface area contributed by atoms with E-state index in [1.165, 1.54) is 148 Å². The molecule has 2 atom stereocenters. The largest absolute Gasteiger partial charge is 0.394 e. The second-order valence-electron chi connectivity index (χ2n) is 13.3. The number of aliphatic hydroxyl groups is 2. The fourth-order valence-electron chi connectivity index (χ4n) is 5.76. The number of unbranched alkanes of at least 4 members (excludes halogenated alkanes) is 24. The Hall–Kier alpha value is -1.39. The topological polar surface area (TPSA) is 69.6 Å². The molecule has 0 bridgehead atoms. The fourth-order valence-corrected chi connectivity index (χ4v) is 5.76. The van der Waals surface area contributed by atoms with Crippen molar-refractivity contribution in [2.45, 2.75) is 212 Å². The summed E-state index contributed by atoms with van der Waals surface area (Å²) in [6, 6.07) is -0.634. The molecule has 0 aromatic carbocycles. The summed E-state index contributed by atoms with van der Waals surface area (Å²) >= 11 is 0. The molecule has 0 aromatic heterocycles. The second-order valence-corrected chi connectivity index (χ2v) is 13.3. The van der Waals surface area contributed by atoms with Crippen LogP contribution in [0.4, 0.5) is 0 Å². The van der Waals surface area contributed by atoms with Crippen LogP contribution in [0.3, 0.4) is 0 Å². The van der Waals surface area contributed by atoms with E-state index in [0.29, 0.717) is 6.42 Å². The fraction of sp³-hybridized carbons (Fsp3) is 0.829. The van der Waals surface area contributed by atoms with E-state index in [9.17, 15) is 15.0 Å². The average molecular weight is 632 g/mol. The average Bonchev–Trinajstić information content (AvgIpc) is 3.04. The number of rotatable bonds is 35. The minimum absolute atomic E-state index is 0.0779. The van der Waals surface area contributed by atoms with Crippen LogP contribution in [0.15, 0.2) is 36.5 Å². The van der Waals surface area contributed by atoms with Crippen molar-refractivity contribution < 1.29 is 15.0 Å². The van der Waals surface area contributed by atoms with Gasteiger partial charge in [-0.25, -0.2) is 0 Å². The molecule has 0 spiro atoms. The number of amides is 1. The Kier molecular flexibility index (Phi) is 35.9. The molecule has 0 radical (unpaired) electrons. The summed E-state index contributed by atoms with van der Waals surface area (Å²) in [6.07, 6.45) is 48.3. The minimum atomic E-state index is -0.857. The van der Waals surface area contributed by atoms with Crippen LogP contribution in [-0.4, -0.2) is 34.9 Å². The van der Waals surface area contributed by atoms with E-state index in [-0.39, 0.29) is 12.5 Å². The van der Waals surface area contributed by atoms with Crippen molar-refractivity contribution >= 4 is 5.91 Å². The highest BCUT2D eigenvalue weighted by Crippen LogP contribution is 2.14. The molecule has 0 aliphatic heterocycles. The Bertz CT molecular complexity index is 686. The van der Waals surface area contributed by atoms with Crippen LogP contribution in [0.25, 0.3) is 0 Å². The van der Waals surface area contributed by atoms with Crippen LogP contribution >= 0.6 is 0 Å². The Morgan fingerprint density at radius 2 is 0.889 bits per heavy atom. The summed E-state index contributed by atoms with van der Waals surface area (Å²) in [5.74, 6) is -0.0779. The molecule has 0 saturated heterocycles. The SMILES string of the molecule is CCCC/C=C/CC/C=C/C(O)C(CO)NC(=O)CCCCCCCCCCCCCCC/C=C\CCCCCCCCCC. The number of nitrogens with one attached hydrogen (secondary N) is 1. The third-order valence-electron chi connectivity index (χ3n) is 8.85. The molecule has 45 heavy (non-hydrogen) atoms. The van der Waals surface area contributed by atoms with Gasteiger partial charge in [-0.05, 0) is 51.4 Å². The molecule has 4 nitrogen and oxygen atoms in total. The van der Waals surface area contributed by atoms with Gasteiger partial charge in [-0.3, -0.25) is 4.79 Å². The summed E-state index contributed by atoms with van der Waals surface area (Å²) in [7, 11) is 0. The third kappa shape index (κ3) is 33.8. The normalized spacial score (nSPS) is 13.4. The van der Waals surface area contributed by atoms with E-state index >= 15 is 0 Å². The molecule has 3 N–H and O–H groups in total. The number of hydrogen-bond acceptors (Lipinski definition) is 3. The third-order valence-corrected chi connectivity index (χ3v) is 8.85. The van der Waals surface area contributed by atoms with E-state index in [1.807, 2.05) is 6.08 Å². The van der Waals surface area contributed by atoms with E-state index in [4.69, 9.17) is 0 Å². The monoisotopic (exact) mass is 632 g/mol. The first-order chi connectivity index (χ1) is 22.2. The lowest BCUT2D eigenvalue weighted by atomic mass is 10.0. The Labute approximate surface area is 281 Å². The predicted molar refractivity (Wildman–Crippen MR) is 198 cm³/mol. The molecule has 264 valence electrons. The van der Waals surface area contributed by atoms with Gasteiger partial charge in [-0.2, -0.15) is 0 Å². The molecule has 0 rings (SSSR count). The van der Waals surface area contributed by atoms with Crippen molar-refractivity contribution in [1.29, 1.82) is 0 Å². The summed E-state index contributed by atoms with van der Waals surface area (Å²) in [5.41, 5.74) is 0. The van der Waals surface area contributed by atoms with Gasteiger partial charge in [0.05, 0.1) is 18.8 Å². The van der Waals surface area contributed by atoms with Crippen LogP contribution in [0.2, 0.25) is 0 Å². The molecule has 0 heterocycles. The van der Waals surface area contributed by atoms with Crippen LogP contribution in [-0.2, 0) is 4.79 Å². The Morgan fingerprint density at radius 3 is 1.36 bits per heavy atom. The zero-order valence-electron chi connectivity index (χ0n) is 30.1. The first-order valence-electron chi connectivity index (χ1n) is 19.7. The van der Waals surface area contributed by atoms with Crippen LogP contribution < -0.4 is 5.32 Å². The Morgan fingerprint density at radius 1 is 0.511 bits per heavy atom. The van der Waals surface area contributed by atoms with Gasteiger partial charge < -0.3 is 15.5 Å². The van der Waals surface area contributed by atoms with Gasteiger partial charge in [0.2, 0.25) is 5.91 Å². The van der Waals surface area contributed by atoms with Crippen molar-refractivity contribution in [3.8, 4) is 0 Å². The number of allylic oxidation sites excluding steroid dienone is 5. The van der Waals surface area contributed by atoms with Crippen molar-refractivity contribution in [2.75, 3.05) is 6.61 Å². The summed E-state index contributed by atoms with van der Waals surface area (Å²) in [5, 5.41) is 22.7. The maximum atomic E-state index is 12.3.